The van der Waals surface area contributed by atoms with Crippen LogP contribution in [-0.2, 0) is 16.1 Å². The highest BCUT2D eigenvalue weighted by atomic mass is 16.5. The van der Waals surface area contributed by atoms with Gasteiger partial charge in [-0.05, 0) is 43.6 Å². The van der Waals surface area contributed by atoms with Gasteiger partial charge in [0, 0.05) is 0 Å². The van der Waals surface area contributed by atoms with E-state index in [0.29, 0.717) is 37.1 Å². The number of esters is 1. The predicted molar refractivity (Wildman–Crippen MR) is 81.7 cm³/mol. The van der Waals surface area contributed by atoms with Gasteiger partial charge in [-0.15, -0.1) is 0 Å². The van der Waals surface area contributed by atoms with E-state index in [1.165, 1.54) is 12.0 Å². The topological polar surface area (TPSA) is 87.7 Å². The molecular weight excluding hydrogens is 298 g/mol. The number of benzene rings is 1. The Morgan fingerprint density at radius 3 is 2.74 bits per heavy atom. The summed E-state index contributed by atoms with van der Waals surface area (Å²) in [6, 6.07) is 6.39. The van der Waals surface area contributed by atoms with Crippen LogP contribution in [-0.4, -0.2) is 48.5 Å². The quantitative estimate of drug-likeness (QED) is 0.631. The molecule has 1 aromatic rings. The number of amides is 3. The van der Waals surface area contributed by atoms with Crippen molar-refractivity contribution in [1.82, 2.24) is 15.5 Å². The molecule has 0 aromatic heterocycles. The van der Waals surface area contributed by atoms with Crippen LogP contribution in [0.3, 0.4) is 0 Å². The van der Waals surface area contributed by atoms with E-state index in [-0.39, 0.29) is 18.5 Å². The fraction of sp³-hybridized carbons (Fsp3) is 0.438. The summed E-state index contributed by atoms with van der Waals surface area (Å²) in [6.45, 7) is 1.56. The van der Waals surface area contributed by atoms with Gasteiger partial charge in [0.25, 0.3) is 5.91 Å². The molecule has 2 saturated heterocycles. The van der Waals surface area contributed by atoms with Crippen molar-refractivity contribution in [3.63, 3.8) is 0 Å². The summed E-state index contributed by atoms with van der Waals surface area (Å²) in [5.41, 5.74) is 0.332. The maximum Gasteiger partial charge on any atom is 0.337 e. The molecular formula is C16H19N3O4. The number of urea groups is 1. The van der Waals surface area contributed by atoms with Gasteiger partial charge in [0.2, 0.25) is 0 Å². The zero-order valence-corrected chi connectivity index (χ0v) is 12.9. The molecule has 1 aromatic carbocycles. The van der Waals surface area contributed by atoms with Gasteiger partial charge in [0.05, 0.1) is 19.2 Å². The number of ether oxygens (including phenoxy) is 1. The summed E-state index contributed by atoms with van der Waals surface area (Å²) in [5.74, 6) is -0.633. The van der Waals surface area contributed by atoms with Crippen LogP contribution >= 0.6 is 0 Å². The number of carbonyl (C=O) groups excluding carboxylic acids is 3. The molecule has 7 heteroatoms. The average molecular weight is 317 g/mol. The molecule has 2 fully saturated rings. The van der Waals surface area contributed by atoms with Gasteiger partial charge >= 0.3 is 12.0 Å². The number of hydrogen-bond acceptors (Lipinski definition) is 5. The van der Waals surface area contributed by atoms with Crippen molar-refractivity contribution in [2.24, 2.45) is 0 Å². The normalized spacial score (nSPS) is 19.8. The molecule has 2 aliphatic heterocycles. The summed E-state index contributed by atoms with van der Waals surface area (Å²) >= 11 is 0. The van der Waals surface area contributed by atoms with Crippen molar-refractivity contribution in [2.45, 2.75) is 24.9 Å². The molecule has 0 radical (unpaired) electrons. The Kier molecular flexibility index (Phi) is 4.04. The standard InChI is InChI=1S/C16H19N3O4/c1-23-13(20)12-4-2-3-11(9-12)10-19-14(21)16(18-15(19)22)5-7-17-8-6-16/h2-4,9,17H,5-8,10H2,1H3,(H,18,22). The first-order valence-electron chi connectivity index (χ1n) is 7.58. The largest absolute Gasteiger partial charge is 0.465 e. The minimum Gasteiger partial charge on any atom is -0.465 e. The van der Waals surface area contributed by atoms with E-state index in [2.05, 4.69) is 15.4 Å². The number of carbonyl (C=O) groups is 3. The molecule has 3 amide bonds. The Bertz CT molecular complexity index is 652. The molecule has 0 atom stereocenters. The van der Waals surface area contributed by atoms with E-state index in [9.17, 15) is 14.4 Å². The number of hydrogen-bond donors (Lipinski definition) is 2. The highest BCUT2D eigenvalue weighted by molar-refractivity contribution is 6.07. The molecule has 2 N–H and O–H groups in total. The lowest BCUT2D eigenvalue weighted by Crippen LogP contribution is -2.53. The molecule has 1 spiro atoms. The van der Waals surface area contributed by atoms with Gasteiger partial charge in [-0.3, -0.25) is 9.69 Å². The molecule has 122 valence electrons. The van der Waals surface area contributed by atoms with Crippen LogP contribution in [0, 0.1) is 0 Å². The molecule has 2 aliphatic rings. The molecule has 0 unspecified atom stereocenters. The SMILES string of the molecule is COC(=O)c1cccc(CN2C(=O)NC3(CCNCC3)C2=O)c1. The maximum absolute atomic E-state index is 12.7. The number of imide groups is 1. The second-order valence-corrected chi connectivity index (χ2v) is 5.85. The highest BCUT2D eigenvalue weighted by Gasteiger charge is 2.51. The summed E-state index contributed by atoms with van der Waals surface area (Å²) in [6.07, 6.45) is 1.19. The first kappa shape index (κ1) is 15.5. The second kappa shape index (κ2) is 6.00. The van der Waals surface area contributed by atoms with E-state index < -0.39 is 11.5 Å². The van der Waals surface area contributed by atoms with Crippen LogP contribution in [0.4, 0.5) is 4.79 Å². The third-order valence-corrected chi connectivity index (χ3v) is 4.39. The maximum atomic E-state index is 12.7. The van der Waals surface area contributed by atoms with Gasteiger partial charge in [-0.1, -0.05) is 12.1 Å². The van der Waals surface area contributed by atoms with Crippen LogP contribution in [0.2, 0.25) is 0 Å². The van der Waals surface area contributed by atoms with Crippen LogP contribution in [0.5, 0.6) is 0 Å². The lowest BCUT2D eigenvalue weighted by Gasteiger charge is -2.31. The van der Waals surface area contributed by atoms with Crippen molar-refractivity contribution >= 4 is 17.9 Å². The van der Waals surface area contributed by atoms with Crippen molar-refractivity contribution < 1.29 is 19.1 Å². The Balaban J connectivity index is 1.79. The second-order valence-electron chi connectivity index (χ2n) is 5.85. The van der Waals surface area contributed by atoms with E-state index in [1.54, 1.807) is 24.3 Å². The van der Waals surface area contributed by atoms with Crippen LogP contribution < -0.4 is 10.6 Å². The van der Waals surface area contributed by atoms with Crippen LogP contribution in [0.1, 0.15) is 28.8 Å². The van der Waals surface area contributed by atoms with Crippen molar-refractivity contribution in [3.8, 4) is 0 Å². The Morgan fingerprint density at radius 1 is 1.30 bits per heavy atom. The number of nitrogens with zero attached hydrogens (tertiary/aromatic N) is 1. The van der Waals surface area contributed by atoms with Gasteiger partial charge < -0.3 is 15.4 Å². The summed E-state index contributed by atoms with van der Waals surface area (Å²) in [7, 11) is 1.31. The van der Waals surface area contributed by atoms with E-state index in [4.69, 9.17) is 0 Å². The zero-order chi connectivity index (χ0) is 16.4. The van der Waals surface area contributed by atoms with Crippen molar-refractivity contribution in [1.29, 1.82) is 0 Å². The minimum atomic E-state index is -0.776. The number of methoxy groups -OCH3 is 1. The number of rotatable bonds is 3. The molecule has 2 heterocycles. The van der Waals surface area contributed by atoms with Gasteiger partial charge in [0.15, 0.2) is 0 Å². The Morgan fingerprint density at radius 2 is 2.04 bits per heavy atom. The van der Waals surface area contributed by atoms with Crippen LogP contribution in [0.25, 0.3) is 0 Å². The molecule has 0 aliphatic carbocycles. The molecule has 0 saturated carbocycles. The Labute approximate surface area is 134 Å². The lowest BCUT2D eigenvalue weighted by atomic mass is 9.88. The average Bonchev–Trinajstić information content (AvgIpc) is 2.79. The van der Waals surface area contributed by atoms with E-state index in [1.807, 2.05) is 0 Å². The summed E-state index contributed by atoms with van der Waals surface area (Å²) in [5, 5.41) is 6.03. The Hall–Kier alpha value is -2.41. The monoisotopic (exact) mass is 317 g/mol. The van der Waals surface area contributed by atoms with Crippen molar-refractivity contribution in [3.05, 3.63) is 35.4 Å². The van der Waals surface area contributed by atoms with E-state index >= 15 is 0 Å². The van der Waals surface area contributed by atoms with Gasteiger partial charge in [0.1, 0.15) is 5.54 Å². The van der Waals surface area contributed by atoms with Gasteiger partial charge in [-0.25, -0.2) is 9.59 Å². The summed E-state index contributed by atoms with van der Waals surface area (Å²) in [4.78, 5) is 37.7. The first-order valence-corrected chi connectivity index (χ1v) is 7.58. The minimum absolute atomic E-state index is 0.144. The van der Waals surface area contributed by atoms with Crippen LogP contribution in [0.15, 0.2) is 24.3 Å². The number of piperidine rings is 1. The molecule has 23 heavy (non-hydrogen) atoms. The fourth-order valence-corrected chi connectivity index (χ4v) is 3.11. The smallest absolute Gasteiger partial charge is 0.337 e. The first-order chi connectivity index (χ1) is 11.1. The highest BCUT2D eigenvalue weighted by Crippen LogP contribution is 2.28. The molecule has 3 rings (SSSR count). The molecule has 0 bridgehead atoms. The summed E-state index contributed by atoms with van der Waals surface area (Å²) < 4.78 is 4.69. The van der Waals surface area contributed by atoms with E-state index in [0.717, 1.165) is 0 Å². The lowest BCUT2D eigenvalue weighted by molar-refractivity contribution is -0.132. The number of nitrogens with one attached hydrogen (secondary N) is 2. The van der Waals surface area contributed by atoms with Crippen molar-refractivity contribution in [2.75, 3.05) is 20.2 Å². The van der Waals surface area contributed by atoms with Gasteiger partial charge in [-0.2, -0.15) is 0 Å². The predicted octanol–water partition coefficient (Wildman–Crippen LogP) is 0.647. The fourth-order valence-electron chi connectivity index (χ4n) is 3.11. The zero-order valence-electron chi connectivity index (χ0n) is 12.9. The third-order valence-electron chi connectivity index (χ3n) is 4.39. The third kappa shape index (κ3) is 2.79. The molecule has 7 nitrogen and oxygen atoms in total.